The predicted molar refractivity (Wildman–Crippen MR) is 142 cm³/mol. The summed E-state index contributed by atoms with van der Waals surface area (Å²) in [6.45, 7) is 1.47. The molecule has 6 nitrogen and oxygen atoms in total. The van der Waals surface area contributed by atoms with Crippen molar-refractivity contribution < 1.29 is 19.2 Å². The van der Waals surface area contributed by atoms with E-state index in [0.717, 1.165) is 15.7 Å². The molecule has 0 radical (unpaired) electrons. The van der Waals surface area contributed by atoms with E-state index in [1.165, 1.54) is 23.6 Å². The van der Waals surface area contributed by atoms with Gasteiger partial charge < -0.3 is 5.32 Å². The second-order valence-corrected chi connectivity index (χ2v) is 9.80. The van der Waals surface area contributed by atoms with Crippen LogP contribution >= 0.6 is 11.8 Å². The van der Waals surface area contributed by atoms with Gasteiger partial charge in [0.2, 0.25) is 11.8 Å². The summed E-state index contributed by atoms with van der Waals surface area (Å²) in [5, 5.41) is 4.43. The van der Waals surface area contributed by atoms with Gasteiger partial charge in [-0.2, -0.15) is 0 Å². The summed E-state index contributed by atoms with van der Waals surface area (Å²) in [5.74, 6) is -0.836. The first-order valence-electron chi connectivity index (χ1n) is 11.4. The summed E-state index contributed by atoms with van der Waals surface area (Å²) in [6, 6.07) is 27.1. The Kier molecular flexibility index (Phi) is 6.40. The van der Waals surface area contributed by atoms with Crippen molar-refractivity contribution in [3.8, 4) is 0 Å². The van der Waals surface area contributed by atoms with Crippen LogP contribution in [-0.4, -0.2) is 28.8 Å². The fourth-order valence-electron chi connectivity index (χ4n) is 4.13. The first-order chi connectivity index (χ1) is 17.4. The molecule has 0 aliphatic carbocycles. The van der Waals surface area contributed by atoms with Gasteiger partial charge in [-0.15, -0.1) is 11.8 Å². The van der Waals surface area contributed by atoms with Crippen LogP contribution in [0, 0.1) is 0 Å². The molecule has 178 valence electrons. The van der Waals surface area contributed by atoms with Gasteiger partial charge in [-0.3, -0.25) is 19.2 Å². The number of amides is 3. The lowest BCUT2D eigenvalue weighted by molar-refractivity contribution is -0.121. The first-order valence-corrected chi connectivity index (χ1v) is 12.3. The maximum Gasteiger partial charge on any atom is 0.255 e. The Bertz CT molecular complexity index is 1500. The van der Waals surface area contributed by atoms with Crippen LogP contribution in [-0.2, 0) is 9.59 Å². The zero-order valence-corrected chi connectivity index (χ0v) is 20.2. The van der Waals surface area contributed by atoms with Crippen molar-refractivity contribution in [2.24, 2.45) is 0 Å². The van der Waals surface area contributed by atoms with Crippen LogP contribution in [0.2, 0.25) is 0 Å². The molecule has 1 heterocycles. The summed E-state index contributed by atoms with van der Waals surface area (Å²) >= 11 is 1.32. The number of hydrogen-bond donors (Lipinski definition) is 1. The Hall–Kier alpha value is -4.23. The zero-order valence-electron chi connectivity index (χ0n) is 19.4. The SMILES string of the molecule is CC(=O)c1ccc(N2C(=O)CC(Sc3ccc(NC(=O)c4ccc5ccccc5c4)cc3)C2=O)cc1. The van der Waals surface area contributed by atoms with Gasteiger partial charge in [0, 0.05) is 28.1 Å². The number of nitrogens with one attached hydrogen (secondary N) is 1. The van der Waals surface area contributed by atoms with Gasteiger partial charge in [-0.1, -0.05) is 30.3 Å². The van der Waals surface area contributed by atoms with Gasteiger partial charge in [0.15, 0.2) is 5.78 Å². The van der Waals surface area contributed by atoms with E-state index in [0.29, 0.717) is 22.5 Å². The summed E-state index contributed by atoms with van der Waals surface area (Å²) in [7, 11) is 0. The number of carbonyl (C=O) groups excluding carboxylic acids is 4. The van der Waals surface area contributed by atoms with Crippen molar-refractivity contribution in [1.29, 1.82) is 0 Å². The smallest absolute Gasteiger partial charge is 0.255 e. The van der Waals surface area contributed by atoms with Crippen molar-refractivity contribution in [2.45, 2.75) is 23.5 Å². The maximum atomic E-state index is 13.0. The number of hydrogen-bond acceptors (Lipinski definition) is 5. The number of imide groups is 1. The number of thioether (sulfide) groups is 1. The molecule has 1 fully saturated rings. The van der Waals surface area contributed by atoms with E-state index in [1.54, 1.807) is 42.5 Å². The lowest BCUT2D eigenvalue weighted by atomic mass is 10.1. The Morgan fingerprint density at radius 1 is 0.833 bits per heavy atom. The summed E-state index contributed by atoms with van der Waals surface area (Å²) in [6.07, 6.45) is 0.0956. The van der Waals surface area contributed by atoms with Crippen molar-refractivity contribution >= 4 is 57.4 Å². The Morgan fingerprint density at radius 3 is 2.19 bits per heavy atom. The molecular weight excluding hydrogens is 472 g/mol. The van der Waals surface area contributed by atoms with Gasteiger partial charge in [0.1, 0.15) is 0 Å². The molecule has 1 saturated heterocycles. The minimum atomic E-state index is -0.539. The number of rotatable bonds is 6. The molecule has 0 bridgehead atoms. The van der Waals surface area contributed by atoms with Crippen LogP contribution in [0.25, 0.3) is 10.8 Å². The van der Waals surface area contributed by atoms with Crippen molar-refractivity contribution in [3.05, 3.63) is 102 Å². The van der Waals surface area contributed by atoms with Gasteiger partial charge >= 0.3 is 0 Å². The average molecular weight is 495 g/mol. The monoisotopic (exact) mass is 494 g/mol. The molecule has 1 aliphatic rings. The van der Waals surface area contributed by atoms with Crippen LogP contribution in [0.5, 0.6) is 0 Å². The zero-order chi connectivity index (χ0) is 25.2. The molecule has 0 spiro atoms. The fourth-order valence-corrected chi connectivity index (χ4v) is 5.18. The highest BCUT2D eigenvalue weighted by molar-refractivity contribution is 8.00. The van der Waals surface area contributed by atoms with Crippen LogP contribution in [0.3, 0.4) is 0 Å². The standard InChI is InChI=1S/C29H22N2O4S/c1-18(32)19-8-12-24(13-9-19)31-27(33)17-26(29(31)35)36-25-14-10-23(11-15-25)30-28(34)22-7-6-20-4-2-3-5-21(20)16-22/h2-16,26H,17H2,1H3,(H,30,34). The van der Waals surface area contributed by atoms with Crippen LogP contribution in [0.4, 0.5) is 11.4 Å². The number of nitrogens with zero attached hydrogens (tertiary/aromatic N) is 1. The second kappa shape index (κ2) is 9.79. The predicted octanol–water partition coefficient (Wildman–Crippen LogP) is 5.72. The van der Waals surface area contributed by atoms with Crippen molar-refractivity contribution in [2.75, 3.05) is 10.2 Å². The maximum absolute atomic E-state index is 13.0. The molecule has 1 atom stereocenters. The van der Waals surface area contributed by atoms with Gasteiger partial charge in [0.05, 0.1) is 10.9 Å². The third-order valence-electron chi connectivity index (χ3n) is 6.04. The number of Topliss-reactive ketones (excluding diaryl/α,β-unsaturated/α-hetero) is 1. The molecule has 0 aromatic heterocycles. The van der Waals surface area contributed by atoms with E-state index < -0.39 is 5.25 Å². The molecule has 1 unspecified atom stereocenters. The molecule has 4 aromatic carbocycles. The summed E-state index contributed by atoms with van der Waals surface area (Å²) in [4.78, 5) is 51.7. The molecule has 1 aliphatic heterocycles. The van der Waals surface area contributed by atoms with E-state index in [4.69, 9.17) is 0 Å². The fraction of sp³-hybridized carbons (Fsp3) is 0.103. The second-order valence-electron chi connectivity index (χ2n) is 8.52. The Labute approximate surface area is 212 Å². The largest absolute Gasteiger partial charge is 0.322 e. The Morgan fingerprint density at radius 2 is 1.50 bits per heavy atom. The number of ketones is 1. The van der Waals surface area contributed by atoms with Crippen LogP contribution < -0.4 is 10.2 Å². The van der Waals surface area contributed by atoms with Crippen LogP contribution in [0.15, 0.2) is 95.9 Å². The summed E-state index contributed by atoms with van der Waals surface area (Å²) in [5.41, 5.74) is 2.19. The minimum Gasteiger partial charge on any atom is -0.322 e. The highest BCUT2D eigenvalue weighted by atomic mass is 32.2. The molecule has 1 N–H and O–H groups in total. The Balaban J connectivity index is 1.23. The van der Waals surface area contributed by atoms with Gasteiger partial charge in [-0.25, -0.2) is 4.90 Å². The number of carbonyl (C=O) groups is 4. The molecule has 3 amide bonds. The molecule has 36 heavy (non-hydrogen) atoms. The topological polar surface area (TPSA) is 83.6 Å². The van der Waals surface area contributed by atoms with E-state index in [-0.39, 0.29) is 29.9 Å². The third kappa shape index (κ3) is 4.78. The van der Waals surface area contributed by atoms with E-state index in [1.807, 2.05) is 48.5 Å². The number of fused-ring (bicyclic) bond motifs is 1. The summed E-state index contributed by atoms with van der Waals surface area (Å²) < 4.78 is 0. The first kappa shape index (κ1) is 23.5. The number of anilines is 2. The van der Waals surface area contributed by atoms with E-state index in [2.05, 4.69) is 5.32 Å². The van der Waals surface area contributed by atoms with Gasteiger partial charge in [-0.05, 0) is 78.4 Å². The third-order valence-corrected chi connectivity index (χ3v) is 7.24. The highest BCUT2D eigenvalue weighted by Crippen LogP contribution is 2.34. The molecule has 7 heteroatoms. The average Bonchev–Trinajstić information content (AvgIpc) is 3.17. The van der Waals surface area contributed by atoms with Crippen molar-refractivity contribution in [3.63, 3.8) is 0 Å². The normalized spacial score (nSPS) is 15.4. The van der Waals surface area contributed by atoms with Crippen molar-refractivity contribution in [1.82, 2.24) is 0 Å². The number of benzene rings is 4. The highest BCUT2D eigenvalue weighted by Gasteiger charge is 2.40. The minimum absolute atomic E-state index is 0.0778. The van der Waals surface area contributed by atoms with E-state index >= 15 is 0 Å². The molecular formula is C29H22N2O4S. The molecule has 5 rings (SSSR count). The van der Waals surface area contributed by atoms with E-state index in [9.17, 15) is 19.2 Å². The lowest BCUT2D eigenvalue weighted by Gasteiger charge is -2.15. The van der Waals surface area contributed by atoms with Gasteiger partial charge in [0.25, 0.3) is 5.91 Å². The van der Waals surface area contributed by atoms with Crippen LogP contribution in [0.1, 0.15) is 34.1 Å². The molecule has 0 saturated carbocycles. The lowest BCUT2D eigenvalue weighted by Crippen LogP contribution is -2.31. The molecule has 4 aromatic rings. The quantitative estimate of drug-likeness (QED) is 0.274.